The van der Waals surface area contributed by atoms with Crippen LogP contribution in [0.1, 0.15) is 45.4 Å². The van der Waals surface area contributed by atoms with Crippen LogP contribution in [-0.2, 0) is 0 Å². The van der Waals surface area contributed by atoms with E-state index < -0.39 is 0 Å². The first-order valence-electron chi connectivity index (χ1n) is 9.23. The third kappa shape index (κ3) is 3.06. The predicted molar refractivity (Wildman–Crippen MR) is 101 cm³/mol. The average molecular weight is 361 g/mol. The zero-order valence-electron chi connectivity index (χ0n) is 14.6. The monoisotopic (exact) mass is 360 g/mol. The van der Waals surface area contributed by atoms with Crippen LogP contribution in [0.15, 0.2) is 29.2 Å². The minimum atomic E-state index is -0.130. The molecule has 4 nitrogen and oxygen atoms in total. The summed E-state index contributed by atoms with van der Waals surface area (Å²) < 4.78 is 6.22. The Morgan fingerprint density at radius 1 is 1.28 bits per heavy atom. The van der Waals surface area contributed by atoms with E-state index in [1.807, 2.05) is 12.1 Å². The van der Waals surface area contributed by atoms with Gasteiger partial charge >= 0.3 is 0 Å². The van der Waals surface area contributed by atoms with Crippen molar-refractivity contribution < 1.29 is 4.74 Å². The van der Waals surface area contributed by atoms with Crippen LogP contribution in [0.5, 0.6) is 5.75 Å². The Morgan fingerprint density at radius 2 is 2.00 bits per heavy atom. The maximum atomic E-state index is 11.9. The number of nitrogens with one attached hydrogen (secondary N) is 1. The number of aromatic nitrogens is 1. The number of benzene rings is 1. The molecule has 2 saturated carbocycles. The molecule has 0 aliphatic heterocycles. The summed E-state index contributed by atoms with van der Waals surface area (Å²) in [5, 5.41) is 1.94. The molecule has 134 valence electrons. The van der Waals surface area contributed by atoms with Gasteiger partial charge in [0.15, 0.2) is 0 Å². The minimum Gasteiger partial charge on any atom is -0.489 e. The highest BCUT2D eigenvalue weighted by atomic mass is 35.5. The van der Waals surface area contributed by atoms with Crippen molar-refractivity contribution in [1.82, 2.24) is 4.98 Å². The summed E-state index contributed by atoms with van der Waals surface area (Å²) in [7, 11) is 0. The lowest BCUT2D eigenvalue weighted by molar-refractivity contribution is 0.0489. The fourth-order valence-corrected chi connectivity index (χ4v) is 4.81. The van der Waals surface area contributed by atoms with Gasteiger partial charge in [0.1, 0.15) is 5.75 Å². The first-order valence-corrected chi connectivity index (χ1v) is 9.60. The van der Waals surface area contributed by atoms with E-state index in [-0.39, 0.29) is 17.7 Å². The zero-order chi connectivity index (χ0) is 17.6. The van der Waals surface area contributed by atoms with E-state index in [4.69, 9.17) is 22.1 Å². The SMILES string of the molecule is CC(N)C1(C2CC2)CCC(Oc2cc3cc[nH]c(=O)c3cc2Cl)CC1. The molecule has 2 fully saturated rings. The fourth-order valence-electron chi connectivity index (χ4n) is 4.60. The Hall–Kier alpha value is -1.52. The first-order chi connectivity index (χ1) is 12.0. The van der Waals surface area contributed by atoms with E-state index in [1.54, 1.807) is 12.3 Å². The van der Waals surface area contributed by atoms with E-state index >= 15 is 0 Å². The van der Waals surface area contributed by atoms with Gasteiger partial charge in [-0.2, -0.15) is 0 Å². The van der Waals surface area contributed by atoms with E-state index in [0.29, 0.717) is 21.6 Å². The molecule has 25 heavy (non-hydrogen) atoms. The number of H-pyrrole nitrogens is 1. The molecular formula is C20H25ClN2O2. The van der Waals surface area contributed by atoms with E-state index in [9.17, 15) is 4.79 Å². The summed E-state index contributed by atoms with van der Waals surface area (Å²) in [5.41, 5.74) is 6.52. The Balaban J connectivity index is 1.51. The maximum Gasteiger partial charge on any atom is 0.255 e. The first kappa shape index (κ1) is 16.9. The largest absolute Gasteiger partial charge is 0.489 e. The molecule has 1 unspecified atom stereocenters. The van der Waals surface area contributed by atoms with Gasteiger partial charge in [0, 0.05) is 17.6 Å². The van der Waals surface area contributed by atoms with Gasteiger partial charge in [0.2, 0.25) is 0 Å². The van der Waals surface area contributed by atoms with Crippen LogP contribution in [0.2, 0.25) is 5.02 Å². The van der Waals surface area contributed by atoms with Crippen molar-refractivity contribution in [3.8, 4) is 5.75 Å². The molecule has 1 aromatic carbocycles. The molecule has 4 rings (SSSR count). The molecule has 2 aliphatic rings. The Kier molecular flexibility index (Phi) is 4.28. The molecule has 0 spiro atoms. The van der Waals surface area contributed by atoms with Gasteiger partial charge in [-0.25, -0.2) is 0 Å². The number of aromatic amines is 1. The highest BCUT2D eigenvalue weighted by Crippen LogP contribution is 2.55. The van der Waals surface area contributed by atoms with Crippen LogP contribution in [0.4, 0.5) is 0 Å². The van der Waals surface area contributed by atoms with Crippen LogP contribution in [0.25, 0.3) is 10.8 Å². The molecule has 3 N–H and O–H groups in total. The van der Waals surface area contributed by atoms with Crippen LogP contribution < -0.4 is 16.0 Å². The molecule has 0 radical (unpaired) electrons. The quantitative estimate of drug-likeness (QED) is 0.856. The lowest BCUT2D eigenvalue weighted by Gasteiger charge is -2.43. The second-order valence-corrected chi connectivity index (χ2v) is 8.20. The minimum absolute atomic E-state index is 0.130. The van der Waals surface area contributed by atoms with Gasteiger partial charge in [-0.15, -0.1) is 0 Å². The van der Waals surface area contributed by atoms with E-state index in [0.717, 1.165) is 37.0 Å². The lowest BCUT2D eigenvalue weighted by atomic mass is 9.66. The molecule has 0 saturated heterocycles. The van der Waals surface area contributed by atoms with Gasteiger partial charge in [-0.05, 0) is 80.4 Å². The second kappa shape index (κ2) is 6.33. The molecule has 1 atom stereocenters. The molecule has 0 bridgehead atoms. The zero-order valence-corrected chi connectivity index (χ0v) is 15.3. The molecule has 2 aliphatic carbocycles. The van der Waals surface area contributed by atoms with Crippen molar-refractivity contribution in [3.63, 3.8) is 0 Å². The summed E-state index contributed by atoms with van der Waals surface area (Å²) in [6, 6.07) is 5.69. The number of hydrogen-bond acceptors (Lipinski definition) is 3. The van der Waals surface area contributed by atoms with E-state index in [2.05, 4.69) is 11.9 Å². The topological polar surface area (TPSA) is 68.1 Å². The Labute approximate surface area is 152 Å². The normalized spacial score (nSPS) is 28.0. The molecule has 0 amide bonds. The molecule has 2 aromatic rings. The van der Waals surface area contributed by atoms with Crippen molar-refractivity contribution in [2.45, 2.75) is 57.6 Å². The summed E-state index contributed by atoms with van der Waals surface area (Å²) in [4.78, 5) is 14.5. The van der Waals surface area contributed by atoms with Gasteiger partial charge in [0.25, 0.3) is 5.56 Å². The summed E-state index contributed by atoms with van der Waals surface area (Å²) in [5.74, 6) is 1.48. The van der Waals surface area contributed by atoms with Crippen LogP contribution in [0, 0.1) is 11.3 Å². The van der Waals surface area contributed by atoms with Crippen LogP contribution in [-0.4, -0.2) is 17.1 Å². The third-order valence-corrected chi connectivity index (χ3v) is 6.58. The molecule has 1 heterocycles. The number of pyridine rings is 1. The second-order valence-electron chi connectivity index (χ2n) is 7.79. The summed E-state index contributed by atoms with van der Waals surface area (Å²) >= 11 is 6.36. The summed E-state index contributed by atoms with van der Waals surface area (Å²) in [6.45, 7) is 2.16. The number of nitrogens with two attached hydrogens (primary N) is 1. The molecular weight excluding hydrogens is 336 g/mol. The van der Waals surface area contributed by atoms with Crippen molar-refractivity contribution in [2.24, 2.45) is 17.1 Å². The number of hydrogen-bond donors (Lipinski definition) is 2. The van der Waals surface area contributed by atoms with Crippen molar-refractivity contribution in [1.29, 1.82) is 0 Å². The van der Waals surface area contributed by atoms with Gasteiger partial charge < -0.3 is 15.5 Å². The fraction of sp³-hybridized carbons (Fsp3) is 0.550. The standard InChI is InChI=1S/C20H25ClN2O2/c1-12(22)20(14-2-3-14)7-4-15(5-8-20)25-18-10-13-6-9-23-19(24)16(13)11-17(18)21/h6,9-12,14-15H,2-5,7-8,22H2,1H3,(H,23,24). The highest BCUT2D eigenvalue weighted by molar-refractivity contribution is 6.32. The number of rotatable bonds is 4. The molecule has 1 aromatic heterocycles. The number of fused-ring (bicyclic) bond motifs is 1. The maximum absolute atomic E-state index is 11.9. The van der Waals surface area contributed by atoms with Crippen LogP contribution >= 0.6 is 11.6 Å². The smallest absolute Gasteiger partial charge is 0.255 e. The molecule has 5 heteroatoms. The van der Waals surface area contributed by atoms with Crippen molar-refractivity contribution in [3.05, 3.63) is 39.8 Å². The van der Waals surface area contributed by atoms with Crippen molar-refractivity contribution >= 4 is 22.4 Å². The third-order valence-electron chi connectivity index (χ3n) is 6.28. The lowest BCUT2D eigenvalue weighted by Crippen LogP contribution is -2.45. The number of halogens is 1. The Bertz CT molecular complexity index is 829. The number of ether oxygens (including phenoxy) is 1. The average Bonchev–Trinajstić information content (AvgIpc) is 3.42. The van der Waals surface area contributed by atoms with Gasteiger partial charge in [0.05, 0.1) is 11.1 Å². The van der Waals surface area contributed by atoms with Gasteiger partial charge in [-0.3, -0.25) is 4.79 Å². The van der Waals surface area contributed by atoms with E-state index in [1.165, 1.54) is 12.8 Å². The van der Waals surface area contributed by atoms with Crippen molar-refractivity contribution in [2.75, 3.05) is 0 Å². The highest BCUT2D eigenvalue weighted by Gasteiger charge is 2.49. The van der Waals surface area contributed by atoms with Gasteiger partial charge in [-0.1, -0.05) is 11.6 Å². The summed E-state index contributed by atoms with van der Waals surface area (Å²) in [6.07, 6.45) is 8.77. The predicted octanol–water partition coefficient (Wildman–Crippen LogP) is 4.25. The van der Waals surface area contributed by atoms with Crippen LogP contribution in [0.3, 0.4) is 0 Å². The Morgan fingerprint density at radius 3 is 2.64 bits per heavy atom.